The van der Waals surface area contributed by atoms with Gasteiger partial charge in [-0.05, 0) is 50.2 Å². The summed E-state index contributed by atoms with van der Waals surface area (Å²) in [6, 6.07) is 4.01. The molecule has 2 aromatic heterocycles. The fourth-order valence-corrected chi connectivity index (χ4v) is 4.85. The van der Waals surface area contributed by atoms with Crippen LogP contribution in [-0.4, -0.2) is 49.4 Å². The van der Waals surface area contributed by atoms with Crippen molar-refractivity contribution in [2.24, 2.45) is 11.8 Å². The summed E-state index contributed by atoms with van der Waals surface area (Å²) in [6.45, 7) is 10.8. The van der Waals surface area contributed by atoms with E-state index in [1.807, 2.05) is 0 Å². The van der Waals surface area contributed by atoms with E-state index >= 15 is 0 Å². The highest BCUT2D eigenvalue weighted by atomic mass is 32.2. The van der Waals surface area contributed by atoms with Crippen LogP contribution in [0.25, 0.3) is 0 Å². The minimum atomic E-state index is -3.24. The third kappa shape index (κ3) is 5.50. The van der Waals surface area contributed by atoms with Crippen LogP contribution >= 0.6 is 0 Å². The van der Waals surface area contributed by atoms with Crippen LogP contribution in [0.2, 0.25) is 0 Å². The van der Waals surface area contributed by atoms with Gasteiger partial charge in [0.1, 0.15) is 5.82 Å². The summed E-state index contributed by atoms with van der Waals surface area (Å²) in [5, 5.41) is 7.40. The molecule has 166 valence electrons. The first-order valence-corrected chi connectivity index (χ1v) is 12.5. The van der Waals surface area contributed by atoms with Gasteiger partial charge in [0.25, 0.3) is 0 Å². The molecule has 0 spiro atoms. The van der Waals surface area contributed by atoms with E-state index in [0.29, 0.717) is 23.5 Å². The highest BCUT2D eigenvalue weighted by Gasteiger charge is 2.26. The Kier molecular flexibility index (Phi) is 7.00. The maximum atomic E-state index is 11.7. The molecule has 0 radical (unpaired) electrons. The molecule has 3 rings (SSSR count). The summed E-state index contributed by atoms with van der Waals surface area (Å²) in [5.41, 5.74) is 0.532. The minimum absolute atomic E-state index is 0.272. The molecule has 1 fully saturated rings. The van der Waals surface area contributed by atoms with E-state index in [4.69, 9.17) is 4.52 Å². The number of anilines is 2. The Morgan fingerprint density at radius 2 is 1.90 bits per heavy atom. The molecular formula is C21H33N5O3S. The number of aryl methyl sites for hydroxylation is 1. The van der Waals surface area contributed by atoms with Gasteiger partial charge in [-0.15, -0.1) is 0 Å². The topological polar surface area (TPSA) is 101 Å². The number of hydrogen-bond acceptors (Lipinski definition) is 8. The number of aromatic nitrogens is 3. The van der Waals surface area contributed by atoms with E-state index in [9.17, 15) is 8.42 Å². The first kappa shape index (κ1) is 22.5. The molecule has 0 bridgehead atoms. The van der Waals surface area contributed by atoms with Crippen molar-refractivity contribution in [2.75, 3.05) is 36.1 Å². The van der Waals surface area contributed by atoms with Crippen molar-refractivity contribution in [3.8, 4) is 0 Å². The van der Waals surface area contributed by atoms with Crippen LogP contribution in [0.1, 0.15) is 57.5 Å². The lowest BCUT2D eigenvalue weighted by molar-refractivity contribution is 0.275. The van der Waals surface area contributed by atoms with Crippen LogP contribution in [0.3, 0.4) is 0 Å². The fourth-order valence-electron chi connectivity index (χ4n) is 3.95. The Bertz CT molecular complexity index is 949. The molecule has 9 heteroatoms. The van der Waals surface area contributed by atoms with E-state index < -0.39 is 9.84 Å². The molecule has 0 amide bonds. The number of nitrogens with one attached hydrogen (secondary N) is 1. The Morgan fingerprint density at radius 1 is 1.20 bits per heavy atom. The predicted octanol–water partition coefficient (Wildman–Crippen LogP) is 3.65. The SMILES string of the molecule is Cc1nc(NCC[C@@H](C)C2CCN(c3nc(C(C)C)no3)CC2)ccc1S(C)(=O)=O. The molecule has 30 heavy (non-hydrogen) atoms. The van der Waals surface area contributed by atoms with E-state index in [0.717, 1.165) is 50.5 Å². The lowest BCUT2D eigenvalue weighted by atomic mass is 9.83. The molecule has 0 saturated carbocycles. The molecule has 0 unspecified atom stereocenters. The van der Waals surface area contributed by atoms with Gasteiger partial charge in [0.15, 0.2) is 15.7 Å². The number of hydrogen-bond donors (Lipinski definition) is 1. The summed E-state index contributed by atoms with van der Waals surface area (Å²) in [5.74, 6) is 3.01. The lowest BCUT2D eigenvalue weighted by Gasteiger charge is -2.33. The maximum Gasteiger partial charge on any atom is 0.324 e. The van der Waals surface area contributed by atoms with Crippen molar-refractivity contribution in [3.63, 3.8) is 0 Å². The predicted molar refractivity (Wildman–Crippen MR) is 118 cm³/mol. The van der Waals surface area contributed by atoms with Gasteiger partial charge in [0.2, 0.25) is 0 Å². The largest absolute Gasteiger partial charge is 0.370 e. The van der Waals surface area contributed by atoms with E-state index in [1.165, 1.54) is 6.26 Å². The Balaban J connectivity index is 1.45. The van der Waals surface area contributed by atoms with Crippen molar-refractivity contribution < 1.29 is 12.9 Å². The van der Waals surface area contributed by atoms with Gasteiger partial charge in [-0.3, -0.25) is 0 Å². The van der Waals surface area contributed by atoms with Crippen LogP contribution in [0.15, 0.2) is 21.6 Å². The monoisotopic (exact) mass is 435 g/mol. The van der Waals surface area contributed by atoms with Crippen LogP contribution in [0.4, 0.5) is 11.8 Å². The molecule has 1 atom stereocenters. The molecular weight excluding hydrogens is 402 g/mol. The van der Waals surface area contributed by atoms with Crippen molar-refractivity contribution in [1.29, 1.82) is 0 Å². The second-order valence-corrected chi connectivity index (χ2v) is 10.6. The van der Waals surface area contributed by atoms with Crippen molar-refractivity contribution in [3.05, 3.63) is 23.7 Å². The summed E-state index contributed by atoms with van der Waals surface area (Å²) >= 11 is 0. The van der Waals surface area contributed by atoms with Gasteiger partial charge >= 0.3 is 6.01 Å². The van der Waals surface area contributed by atoms with E-state index in [1.54, 1.807) is 19.1 Å². The summed E-state index contributed by atoms with van der Waals surface area (Å²) < 4.78 is 28.8. The number of piperidine rings is 1. The van der Waals surface area contributed by atoms with Crippen LogP contribution in [0.5, 0.6) is 0 Å². The Labute approximate surface area is 179 Å². The first-order valence-electron chi connectivity index (χ1n) is 10.6. The summed E-state index contributed by atoms with van der Waals surface area (Å²) in [6.07, 6.45) is 4.47. The highest BCUT2D eigenvalue weighted by molar-refractivity contribution is 7.90. The van der Waals surface area contributed by atoms with E-state index in [-0.39, 0.29) is 10.8 Å². The van der Waals surface area contributed by atoms with Gasteiger partial charge in [-0.1, -0.05) is 25.9 Å². The van der Waals surface area contributed by atoms with Gasteiger partial charge in [-0.25, -0.2) is 13.4 Å². The van der Waals surface area contributed by atoms with Crippen molar-refractivity contribution >= 4 is 21.7 Å². The average molecular weight is 436 g/mol. The van der Waals surface area contributed by atoms with E-state index in [2.05, 4.69) is 46.1 Å². The molecule has 0 aliphatic carbocycles. The standard InChI is InChI=1S/C21H33N5O3S/c1-14(2)20-24-21(29-25-20)26-12-9-17(10-13-26)15(3)8-11-22-19-7-6-18(16(4)23-19)30(5,27)28/h6-7,14-15,17H,8-13H2,1-5H3,(H,22,23)/t15-/m1/s1. The number of rotatable bonds is 8. The molecule has 1 aliphatic rings. The molecule has 8 nitrogen and oxygen atoms in total. The quantitative estimate of drug-likeness (QED) is 0.670. The molecule has 3 heterocycles. The number of pyridine rings is 1. The van der Waals surface area contributed by atoms with Crippen LogP contribution < -0.4 is 10.2 Å². The Morgan fingerprint density at radius 3 is 2.47 bits per heavy atom. The molecule has 1 aliphatic heterocycles. The summed E-state index contributed by atoms with van der Waals surface area (Å²) in [7, 11) is -3.24. The second-order valence-electron chi connectivity index (χ2n) is 8.66. The first-order chi connectivity index (χ1) is 14.1. The summed E-state index contributed by atoms with van der Waals surface area (Å²) in [4.78, 5) is 11.4. The third-order valence-electron chi connectivity index (χ3n) is 5.90. The average Bonchev–Trinajstić information content (AvgIpc) is 3.18. The van der Waals surface area contributed by atoms with Crippen LogP contribution in [0, 0.1) is 18.8 Å². The molecule has 2 aromatic rings. The fraction of sp³-hybridized carbons (Fsp3) is 0.667. The van der Waals surface area contributed by atoms with Crippen molar-refractivity contribution in [1.82, 2.24) is 15.1 Å². The van der Waals surface area contributed by atoms with Crippen LogP contribution in [-0.2, 0) is 9.84 Å². The number of nitrogens with zero attached hydrogens (tertiary/aromatic N) is 4. The minimum Gasteiger partial charge on any atom is -0.370 e. The highest BCUT2D eigenvalue weighted by Crippen LogP contribution is 2.29. The van der Waals surface area contributed by atoms with Gasteiger partial charge < -0.3 is 14.7 Å². The smallest absolute Gasteiger partial charge is 0.324 e. The number of sulfone groups is 1. The molecule has 1 saturated heterocycles. The zero-order chi connectivity index (χ0) is 21.9. The van der Waals surface area contributed by atoms with Gasteiger partial charge in [0.05, 0.1) is 10.6 Å². The van der Waals surface area contributed by atoms with Gasteiger partial charge in [0, 0.05) is 31.8 Å². The Hall–Kier alpha value is -2.16. The van der Waals surface area contributed by atoms with Crippen molar-refractivity contribution in [2.45, 2.75) is 57.8 Å². The normalized spacial score (nSPS) is 16.8. The molecule has 1 N–H and O–H groups in total. The molecule has 0 aromatic carbocycles. The van der Waals surface area contributed by atoms with Gasteiger partial charge in [-0.2, -0.15) is 4.98 Å². The third-order valence-corrected chi connectivity index (χ3v) is 7.14. The zero-order valence-electron chi connectivity index (χ0n) is 18.6. The maximum absolute atomic E-state index is 11.7. The second kappa shape index (κ2) is 9.32. The lowest BCUT2D eigenvalue weighted by Crippen LogP contribution is -2.36. The zero-order valence-corrected chi connectivity index (χ0v) is 19.4.